The maximum absolute atomic E-state index is 12.0. The van der Waals surface area contributed by atoms with Gasteiger partial charge in [0.2, 0.25) is 0 Å². The first-order valence-corrected chi connectivity index (χ1v) is 6.93. The first-order chi connectivity index (χ1) is 9.49. The van der Waals surface area contributed by atoms with Crippen LogP contribution in [0.3, 0.4) is 0 Å². The SMILES string of the molecule is O=C(Nc1ccc([N+](=O)[O-])c(Br)c1)c1ncccc1Br. The summed E-state index contributed by atoms with van der Waals surface area (Å²) in [5.74, 6) is -0.404. The van der Waals surface area contributed by atoms with Crippen LogP contribution in [0.1, 0.15) is 10.5 Å². The van der Waals surface area contributed by atoms with Gasteiger partial charge in [0.05, 0.1) is 9.40 Å². The number of nitro groups is 1. The molecule has 0 saturated heterocycles. The number of hydrogen-bond acceptors (Lipinski definition) is 4. The van der Waals surface area contributed by atoms with Gasteiger partial charge in [0, 0.05) is 22.4 Å². The molecular weight excluding hydrogens is 394 g/mol. The molecule has 0 radical (unpaired) electrons. The summed E-state index contributed by atoms with van der Waals surface area (Å²) in [6.45, 7) is 0. The quantitative estimate of drug-likeness (QED) is 0.627. The van der Waals surface area contributed by atoms with Crippen molar-refractivity contribution in [2.45, 2.75) is 0 Å². The van der Waals surface area contributed by atoms with Crippen molar-refractivity contribution in [3.63, 3.8) is 0 Å². The second kappa shape index (κ2) is 6.10. The summed E-state index contributed by atoms with van der Waals surface area (Å²) in [6, 6.07) is 7.63. The number of amides is 1. The molecule has 0 spiro atoms. The van der Waals surface area contributed by atoms with Gasteiger partial charge in [-0.25, -0.2) is 4.98 Å². The number of anilines is 1. The fraction of sp³-hybridized carbons (Fsp3) is 0. The predicted molar refractivity (Wildman–Crippen MR) is 80.7 cm³/mol. The Hall–Kier alpha value is -1.80. The summed E-state index contributed by atoms with van der Waals surface area (Å²) in [5.41, 5.74) is 0.606. The Morgan fingerprint density at radius 3 is 2.60 bits per heavy atom. The van der Waals surface area contributed by atoms with Gasteiger partial charge in [0.1, 0.15) is 5.69 Å². The van der Waals surface area contributed by atoms with Crippen molar-refractivity contribution in [1.29, 1.82) is 0 Å². The molecule has 1 aromatic carbocycles. The lowest BCUT2D eigenvalue weighted by Gasteiger charge is -2.06. The van der Waals surface area contributed by atoms with E-state index in [-0.39, 0.29) is 11.4 Å². The lowest BCUT2D eigenvalue weighted by Crippen LogP contribution is -2.14. The second-order valence-electron chi connectivity index (χ2n) is 3.71. The number of pyridine rings is 1. The number of nitrogens with one attached hydrogen (secondary N) is 1. The van der Waals surface area contributed by atoms with Crippen LogP contribution in [0.2, 0.25) is 0 Å². The van der Waals surface area contributed by atoms with Crippen molar-refractivity contribution in [1.82, 2.24) is 4.98 Å². The van der Waals surface area contributed by atoms with E-state index >= 15 is 0 Å². The van der Waals surface area contributed by atoms with E-state index in [0.717, 1.165) is 0 Å². The molecule has 0 aliphatic rings. The number of carbonyl (C=O) groups is 1. The van der Waals surface area contributed by atoms with Crippen molar-refractivity contribution >= 4 is 49.1 Å². The fourth-order valence-electron chi connectivity index (χ4n) is 1.48. The van der Waals surface area contributed by atoms with Gasteiger partial charge < -0.3 is 5.32 Å². The molecule has 6 nitrogen and oxygen atoms in total. The van der Waals surface area contributed by atoms with E-state index in [2.05, 4.69) is 42.2 Å². The van der Waals surface area contributed by atoms with E-state index in [1.165, 1.54) is 24.4 Å². The highest BCUT2D eigenvalue weighted by molar-refractivity contribution is 9.10. The smallest absolute Gasteiger partial charge is 0.283 e. The number of rotatable bonds is 3. The van der Waals surface area contributed by atoms with E-state index in [1.807, 2.05) is 0 Å². The van der Waals surface area contributed by atoms with E-state index < -0.39 is 10.8 Å². The van der Waals surface area contributed by atoms with Crippen LogP contribution in [-0.2, 0) is 0 Å². The molecule has 0 aliphatic carbocycles. The summed E-state index contributed by atoms with van der Waals surface area (Å²) in [5, 5.41) is 13.3. The second-order valence-corrected chi connectivity index (χ2v) is 5.42. The van der Waals surface area contributed by atoms with Gasteiger partial charge in [-0.2, -0.15) is 0 Å². The summed E-state index contributed by atoms with van der Waals surface area (Å²) < 4.78 is 0.860. The summed E-state index contributed by atoms with van der Waals surface area (Å²) in [4.78, 5) is 26.2. The third-order valence-corrected chi connectivity index (χ3v) is 3.65. The zero-order chi connectivity index (χ0) is 14.7. The summed E-state index contributed by atoms with van der Waals surface area (Å²) in [6.07, 6.45) is 1.51. The number of hydrogen-bond donors (Lipinski definition) is 1. The van der Waals surface area contributed by atoms with Gasteiger partial charge >= 0.3 is 0 Å². The first kappa shape index (κ1) is 14.6. The molecule has 0 fully saturated rings. The molecule has 1 N–H and O–H groups in total. The number of nitrogens with zero attached hydrogens (tertiary/aromatic N) is 2. The van der Waals surface area contributed by atoms with Gasteiger partial charge in [0.25, 0.3) is 11.6 Å². The first-order valence-electron chi connectivity index (χ1n) is 5.35. The Balaban J connectivity index is 2.23. The Labute approximate surface area is 130 Å². The molecule has 2 rings (SSSR count). The number of nitro benzene ring substituents is 1. The fourth-order valence-corrected chi connectivity index (χ4v) is 2.43. The molecule has 0 bridgehead atoms. The van der Waals surface area contributed by atoms with Crippen LogP contribution in [0.5, 0.6) is 0 Å². The zero-order valence-electron chi connectivity index (χ0n) is 9.84. The number of carbonyl (C=O) groups excluding carboxylic acids is 1. The molecule has 0 aliphatic heterocycles. The number of aromatic nitrogens is 1. The van der Waals surface area contributed by atoms with E-state index in [4.69, 9.17) is 0 Å². The van der Waals surface area contributed by atoms with Crippen LogP contribution >= 0.6 is 31.9 Å². The molecule has 0 unspecified atom stereocenters. The highest BCUT2D eigenvalue weighted by atomic mass is 79.9. The molecule has 0 atom stereocenters. The van der Waals surface area contributed by atoms with Crippen LogP contribution in [-0.4, -0.2) is 15.8 Å². The third-order valence-electron chi connectivity index (χ3n) is 2.38. The summed E-state index contributed by atoms with van der Waals surface area (Å²) >= 11 is 6.32. The lowest BCUT2D eigenvalue weighted by atomic mass is 10.2. The molecule has 1 heterocycles. The number of halogens is 2. The Bertz CT molecular complexity index is 691. The summed E-state index contributed by atoms with van der Waals surface area (Å²) in [7, 11) is 0. The average molecular weight is 401 g/mol. The molecule has 1 amide bonds. The minimum atomic E-state index is -0.509. The largest absolute Gasteiger partial charge is 0.321 e. The van der Waals surface area contributed by atoms with Crippen molar-refractivity contribution in [2.75, 3.05) is 5.32 Å². The third kappa shape index (κ3) is 3.20. The monoisotopic (exact) mass is 399 g/mol. The Morgan fingerprint density at radius 2 is 2.00 bits per heavy atom. The molecule has 1 aromatic heterocycles. The van der Waals surface area contributed by atoms with Crippen LogP contribution in [0.25, 0.3) is 0 Å². The molecule has 20 heavy (non-hydrogen) atoms. The van der Waals surface area contributed by atoms with Crippen molar-refractivity contribution < 1.29 is 9.72 Å². The Morgan fingerprint density at radius 1 is 1.25 bits per heavy atom. The highest BCUT2D eigenvalue weighted by Crippen LogP contribution is 2.28. The molecule has 102 valence electrons. The normalized spacial score (nSPS) is 10.1. The van der Waals surface area contributed by atoms with Gasteiger partial charge in [-0.05, 0) is 56.1 Å². The van der Waals surface area contributed by atoms with Gasteiger partial charge in [-0.1, -0.05) is 0 Å². The topological polar surface area (TPSA) is 85.1 Å². The van der Waals surface area contributed by atoms with Gasteiger partial charge in [0.15, 0.2) is 0 Å². The Kier molecular flexibility index (Phi) is 4.46. The maximum Gasteiger partial charge on any atom is 0.283 e. The molecule has 0 saturated carbocycles. The maximum atomic E-state index is 12.0. The van der Waals surface area contributed by atoms with Crippen LogP contribution in [0, 0.1) is 10.1 Å². The van der Waals surface area contributed by atoms with E-state index in [0.29, 0.717) is 14.6 Å². The van der Waals surface area contributed by atoms with Crippen molar-refractivity contribution in [2.24, 2.45) is 0 Å². The van der Waals surface area contributed by atoms with Crippen LogP contribution in [0.15, 0.2) is 45.5 Å². The zero-order valence-corrected chi connectivity index (χ0v) is 13.0. The number of benzene rings is 1. The van der Waals surface area contributed by atoms with Crippen molar-refractivity contribution in [3.8, 4) is 0 Å². The molecule has 2 aromatic rings. The lowest BCUT2D eigenvalue weighted by molar-refractivity contribution is -0.385. The average Bonchev–Trinajstić information content (AvgIpc) is 2.38. The van der Waals surface area contributed by atoms with Crippen LogP contribution < -0.4 is 5.32 Å². The standard InChI is InChI=1S/C12H7Br2N3O3/c13-8-2-1-5-15-11(8)12(18)16-7-3-4-10(17(19)20)9(14)6-7/h1-6H,(H,16,18). The van der Waals surface area contributed by atoms with Gasteiger partial charge in [-0.3, -0.25) is 14.9 Å². The van der Waals surface area contributed by atoms with Crippen molar-refractivity contribution in [3.05, 3.63) is 61.3 Å². The minimum absolute atomic E-state index is 0.0676. The molecular formula is C12H7Br2N3O3. The molecule has 8 heteroatoms. The van der Waals surface area contributed by atoms with E-state index in [9.17, 15) is 14.9 Å². The minimum Gasteiger partial charge on any atom is -0.321 e. The van der Waals surface area contributed by atoms with Gasteiger partial charge in [-0.15, -0.1) is 0 Å². The van der Waals surface area contributed by atoms with Crippen LogP contribution in [0.4, 0.5) is 11.4 Å². The predicted octanol–water partition coefficient (Wildman–Crippen LogP) is 3.77. The van der Waals surface area contributed by atoms with E-state index in [1.54, 1.807) is 12.1 Å². The highest BCUT2D eigenvalue weighted by Gasteiger charge is 2.15.